The lowest BCUT2D eigenvalue weighted by molar-refractivity contribution is 0.0347. The molecule has 12 heteroatoms. The fourth-order valence-electron chi connectivity index (χ4n) is 12.6. The number of hydrogen-bond acceptors (Lipinski definition) is 12. The first-order valence-electron chi connectivity index (χ1n) is 39.5. The van der Waals surface area contributed by atoms with Gasteiger partial charge < -0.3 is 66.0 Å². The highest BCUT2D eigenvalue weighted by Gasteiger charge is 2.18. The predicted molar refractivity (Wildman–Crippen MR) is 444 cm³/mol. The van der Waals surface area contributed by atoms with E-state index in [1.807, 2.05) is 12.1 Å². The van der Waals surface area contributed by atoms with E-state index in [-0.39, 0.29) is 42.4 Å². The zero-order chi connectivity index (χ0) is 74.5. The third-order valence-electron chi connectivity index (χ3n) is 20.0. The topological polar surface area (TPSA) is 251 Å². The second kappa shape index (κ2) is 55.7. The van der Waals surface area contributed by atoms with Crippen molar-refractivity contribution in [3.05, 3.63) is 287 Å². The molecule has 0 spiro atoms. The molecule has 104 heavy (non-hydrogen) atoms. The Morgan fingerprint density at radius 1 is 0.279 bits per heavy atom. The summed E-state index contributed by atoms with van der Waals surface area (Å²) in [4.78, 5) is 0. The molecule has 568 valence electrons. The number of aryl methyl sites for hydroxylation is 8. The molecule has 0 aliphatic carbocycles. The Kier molecular flexibility index (Phi) is 47.1. The zero-order valence-electron chi connectivity index (χ0n) is 64.3. The molecule has 0 aliphatic rings. The van der Waals surface area contributed by atoms with E-state index in [0.29, 0.717) is 56.0 Å². The van der Waals surface area contributed by atoms with E-state index in [9.17, 15) is 0 Å². The number of nitrogens with one attached hydrogen (secondary N) is 2. The molecule has 4 unspecified atom stereocenters. The Hall–Kier alpha value is -6.72. The van der Waals surface area contributed by atoms with Gasteiger partial charge in [-0.2, -0.15) is 0 Å². The largest absolute Gasteiger partial charge is 0.380 e. The van der Waals surface area contributed by atoms with Crippen LogP contribution in [0, 0.1) is 23.7 Å². The van der Waals surface area contributed by atoms with Gasteiger partial charge in [0, 0.05) is 75.1 Å². The number of nitrogens with two attached hydrogens (primary N) is 8. The highest BCUT2D eigenvalue weighted by atomic mass is 16.5. The van der Waals surface area contributed by atoms with Crippen molar-refractivity contribution in [1.82, 2.24) is 10.6 Å². The average molecular weight is 1420 g/mol. The van der Waals surface area contributed by atoms with Gasteiger partial charge in [-0.1, -0.05) is 270 Å². The van der Waals surface area contributed by atoms with Crippen molar-refractivity contribution in [2.24, 2.45) is 69.5 Å². The maximum Gasteiger partial charge on any atom is 0.0633 e. The molecule has 8 rings (SSSR count). The highest BCUT2D eigenvalue weighted by molar-refractivity contribution is 5.21. The lowest BCUT2D eigenvalue weighted by Crippen LogP contribution is -2.41. The minimum atomic E-state index is -0.0778. The monoisotopic (exact) mass is 1420 g/mol. The van der Waals surface area contributed by atoms with Crippen molar-refractivity contribution in [1.29, 1.82) is 0 Å². The Labute approximate surface area is 630 Å². The van der Waals surface area contributed by atoms with Crippen LogP contribution in [0.15, 0.2) is 243 Å². The molecule has 0 aromatic heterocycles. The minimum absolute atomic E-state index is 0.0612. The van der Waals surface area contributed by atoms with E-state index in [4.69, 9.17) is 55.3 Å². The van der Waals surface area contributed by atoms with Gasteiger partial charge in [0.05, 0.1) is 19.3 Å². The van der Waals surface area contributed by atoms with E-state index >= 15 is 0 Å². The molecule has 12 nitrogen and oxygen atoms in total. The lowest BCUT2D eigenvalue weighted by atomic mass is 9.93. The normalized spacial score (nSPS) is 13.2. The first-order valence-corrected chi connectivity index (χ1v) is 39.5. The van der Waals surface area contributed by atoms with Crippen molar-refractivity contribution < 1.29 is 9.47 Å². The Morgan fingerprint density at radius 2 is 0.558 bits per heavy atom. The third-order valence-corrected chi connectivity index (χ3v) is 20.0. The Bertz CT molecular complexity index is 3040. The molecule has 8 aromatic rings. The summed E-state index contributed by atoms with van der Waals surface area (Å²) in [7, 11) is 0. The fraction of sp³-hybridized carbons (Fsp3) is 0.478. The quantitative estimate of drug-likeness (QED) is 0.0171. The van der Waals surface area contributed by atoms with Gasteiger partial charge in [-0.15, -0.1) is 0 Å². The second-order valence-electron chi connectivity index (χ2n) is 29.7. The molecule has 8 aromatic carbocycles. The summed E-state index contributed by atoms with van der Waals surface area (Å²) < 4.78 is 11.9. The summed E-state index contributed by atoms with van der Waals surface area (Å²) in [5.74, 6) is 2.23. The fourth-order valence-corrected chi connectivity index (χ4v) is 12.6. The summed E-state index contributed by atoms with van der Waals surface area (Å²) in [6.45, 7) is 14.2. The zero-order valence-corrected chi connectivity index (χ0v) is 64.3. The van der Waals surface area contributed by atoms with Crippen LogP contribution in [-0.2, 0) is 60.8 Å². The molecule has 0 amide bonds. The SMILES string of the molecule is CC(C)C(N)CC[C@H](N)CNC(CCc1ccccc1)CCc1ccccc1.CC(C)C(N)CC[C@H](N)CNCC(CCc1ccccc1)CCc1ccccc1.NCC(N)COC(CCc1ccccc1)CCc1ccccc1.NCC(N)COCC(CCc1ccccc1)CCc1ccccc1. The van der Waals surface area contributed by atoms with Crippen molar-refractivity contribution >= 4 is 0 Å². The van der Waals surface area contributed by atoms with E-state index in [1.54, 1.807) is 0 Å². The van der Waals surface area contributed by atoms with Crippen LogP contribution < -0.4 is 56.5 Å². The summed E-state index contributed by atoms with van der Waals surface area (Å²) in [6, 6.07) is 86.7. The van der Waals surface area contributed by atoms with Crippen molar-refractivity contribution in [3.63, 3.8) is 0 Å². The van der Waals surface area contributed by atoms with Crippen molar-refractivity contribution in [3.8, 4) is 0 Å². The van der Waals surface area contributed by atoms with Gasteiger partial charge >= 0.3 is 0 Å². The van der Waals surface area contributed by atoms with Crippen LogP contribution in [0.5, 0.6) is 0 Å². The highest BCUT2D eigenvalue weighted by Crippen LogP contribution is 2.21. The second-order valence-corrected chi connectivity index (χ2v) is 29.7. The Balaban J connectivity index is 0.000000250. The molecular formula is C92H138N10O2. The summed E-state index contributed by atoms with van der Waals surface area (Å²) in [5, 5.41) is 7.39. The van der Waals surface area contributed by atoms with Crippen LogP contribution in [0.25, 0.3) is 0 Å². The standard InChI is InChI=1S/C26H41N3.C25H39N3.C21H30N2O.C20H28N2O/c1-21(2)26(28)18-17-25(27)20-29-19-24(15-13-22-9-5-3-6-10-22)16-14-23-11-7-4-8-12-23;1-20(2)25(27)18-15-23(26)19-28-24(16-13-21-9-5-3-6-10-21)17-14-22-11-7-4-8-12-22;22-15-21(23)17-24-16-20(13-11-18-7-3-1-4-8-18)14-12-19-9-5-2-6-10-19;21-15-19(22)16-23-20(13-11-17-7-3-1-4-8-17)14-12-18-9-5-2-6-10-18/h3-12,21,24-26,29H,13-20,27-28H2,1-2H3;3-12,20,23-25,28H,13-19,26-27H2,1-2H3;1-10,20-21H,11-17,22-23H2;1-10,19-20H,11-16,21-22H2/t25-,26?;23-,25?;;/m00../s1. The maximum atomic E-state index is 6.37. The van der Waals surface area contributed by atoms with Crippen LogP contribution in [0.4, 0.5) is 0 Å². The average Bonchev–Trinajstić information content (AvgIpc) is 1.19. The molecule has 0 saturated heterocycles. The first-order chi connectivity index (χ1) is 50.6. The molecule has 0 aliphatic heterocycles. The third kappa shape index (κ3) is 42.4. The van der Waals surface area contributed by atoms with Crippen LogP contribution >= 0.6 is 0 Å². The van der Waals surface area contributed by atoms with Gasteiger partial charge in [0.2, 0.25) is 0 Å². The molecule has 0 heterocycles. The summed E-state index contributed by atoms with van der Waals surface area (Å²) in [6.07, 6.45) is 21.9. The molecule has 0 bridgehead atoms. The van der Waals surface area contributed by atoms with Gasteiger partial charge in [0.25, 0.3) is 0 Å². The molecular weight excluding hydrogens is 1280 g/mol. The molecule has 0 radical (unpaired) electrons. The van der Waals surface area contributed by atoms with Gasteiger partial charge in [-0.3, -0.25) is 0 Å². The Morgan fingerprint density at radius 3 is 0.865 bits per heavy atom. The molecule has 6 atom stereocenters. The van der Waals surface area contributed by atoms with Crippen LogP contribution in [0.2, 0.25) is 0 Å². The van der Waals surface area contributed by atoms with Gasteiger partial charge in [-0.25, -0.2) is 0 Å². The predicted octanol–water partition coefficient (Wildman–Crippen LogP) is 14.9. The maximum absolute atomic E-state index is 6.37. The van der Waals surface area contributed by atoms with Crippen molar-refractivity contribution in [2.75, 3.05) is 52.5 Å². The van der Waals surface area contributed by atoms with Gasteiger partial charge in [-0.05, 0) is 203 Å². The van der Waals surface area contributed by atoms with E-state index in [0.717, 1.165) is 142 Å². The number of benzene rings is 8. The summed E-state index contributed by atoms with van der Waals surface area (Å²) >= 11 is 0. The minimum Gasteiger partial charge on any atom is -0.380 e. The molecule has 0 fully saturated rings. The number of rotatable bonds is 48. The molecule has 0 saturated carbocycles. The van der Waals surface area contributed by atoms with Crippen molar-refractivity contribution in [2.45, 2.75) is 205 Å². The molecule has 18 N–H and O–H groups in total. The van der Waals surface area contributed by atoms with Crippen LogP contribution in [0.1, 0.15) is 149 Å². The lowest BCUT2D eigenvalue weighted by Gasteiger charge is -2.23. The van der Waals surface area contributed by atoms with Crippen LogP contribution in [-0.4, -0.2) is 101 Å². The number of hydrogen-bond donors (Lipinski definition) is 10. The summed E-state index contributed by atoms with van der Waals surface area (Å²) in [5.41, 5.74) is 59.0. The van der Waals surface area contributed by atoms with E-state index < -0.39 is 0 Å². The number of ether oxygens (including phenoxy) is 2. The van der Waals surface area contributed by atoms with Gasteiger partial charge in [0.15, 0.2) is 0 Å². The van der Waals surface area contributed by atoms with Crippen LogP contribution in [0.3, 0.4) is 0 Å². The smallest absolute Gasteiger partial charge is 0.0633 e. The van der Waals surface area contributed by atoms with Gasteiger partial charge in [0.1, 0.15) is 0 Å². The van der Waals surface area contributed by atoms with E-state index in [1.165, 1.54) is 57.3 Å². The first kappa shape index (κ1) is 87.9. The van der Waals surface area contributed by atoms with E-state index in [2.05, 4.69) is 269 Å².